The maximum Gasteiger partial charge on any atom is 0.341 e. The van der Waals surface area contributed by atoms with Crippen LogP contribution in [0.3, 0.4) is 0 Å². The molecule has 1 heterocycles. The van der Waals surface area contributed by atoms with Gasteiger partial charge in [0.2, 0.25) is 5.91 Å². The van der Waals surface area contributed by atoms with E-state index >= 15 is 0 Å². The molecule has 6 nitrogen and oxygen atoms in total. The van der Waals surface area contributed by atoms with Gasteiger partial charge in [-0.05, 0) is 44.9 Å². The molecule has 0 fully saturated rings. The predicted octanol–water partition coefficient (Wildman–Crippen LogP) is 5.27. The van der Waals surface area contributed by atoms with E-state index in [9.17, 15) is 14.4 Å². The van der Waals surface area contributed by atoms with Crippen LogP contribution in [0.25, 0.3) is 6.08 Å². The molecule has 2 rings (SSSR count). The smallest absolute Gasteiger partial charge is 0.341 e. The van der Waals surface area contributed by atoms with E-state index in [1.54, 1.807) is 19.9 Å². The molecule has 0 unspecified atom stereocenters. The molecule has 0 bridgehead atoms. The molecule has 7 heteroatoms. The van der Waals surface area contributed by atoms with Crippen molar-refractivity contribution in [2.24, 2.45) is 0 Å². The van der Waals surface area contributed by atoms with E-state index in [-0.39, 0.29) is 18.0 Å². The van der Waals surface area contributed by atoms with E-state index in [4.69, 9.17) is 9.47 Å². The van der Waals surface area contributed by atoms with Gasteiger partial charge in [0.05, 0.1) is 23.7 Å². The van der Waals surface area contributed by atoms with Crippen LogP contribution in [0.4, 0.5) is 5.00 Å². The van der Waals surface area contributed by atoms with Crippen LogP contribution in [0.5, 0.6) is 5.75 Å². The average Bonchev–Trinajstić information content (AvgIpc) is 3.03. The topological polar surface area (TPSA) is 81.7 Å². The average molecular weight is 430 g/mol. The number of anilines is 1. The van der Waals surface area contributed by atoms with Crippen LogP contribution in [0, 0.1) is 6.92 Å². The van der Waals surface area contributed by atoms with Crippen molar-refractivity contribution >= 4 is 40.1 Å². The Hall–Kier alpha value is -2.93. The number of para-hydroxylation sites is 1. The molecule has 0 aliphatic rings. The summed E-state index contributed by atoms with van der Waals surface area (Å²) in [4.78, 5) is 37.1. The van der Waals surface area contributed by atoms with Crippen LogP contribution in [-0.2, 0) is 9.53 Å². The van der Waals surface area contributed by atoms with Gasteiger partial charge in [-0.2, -0.15) is 0 Å². The SMILES string of the molecule is CCCCOc1ccccc1/C=C/C(=O)Nc1sc(C(C)=O)c(C)c1C(=O)OCC. The summed E-state index contributed by atoms with van der Waals surface area (Å²) in [6, 6.07) is 7.46. The highest BCUT2D eigenvalue weighted by Gasteiger charge is 2.24. The zero-order valence-electron chi connectivity index (χ0n) is 17.7. The molecule has 0 aliphatic heterocycles. The minimum atomic E-state index is -0.562. The minimum absolute atomic E-state index is 0.169. The van der Waals surface area contributed by atoms with Crippen LogP contribution in [0.2, 0.25) is 0 Å². The molecule has 0 aliphatic carbocycles. The van der Waals surface area contributed by atoms with Gasteiger partial charge in [-0.15, -0.1) is 11.3 Å². The minimum Gasteiger partial charge on any atom is -0.493 e. The van der Waals surface area contributed by atoms with E-state index in [1.165, 1.54) is 13.0 Å². The van der Waals surface area contributed by atoms with Crippen LogP contribution >= 0.6 is 11.3 Å². The Morgan fingerprint density at radius 1 is 1.17 bits per heavy atom. The van der Waals surface area contributed by atoms with Crippen LogP contribution in [0.1, 0.15) is 64.8 Å². The Morgan fingerprint density at radius 2 is 1.90 bits per heavy atom. The third kappa shape index (κ3) is 6.03. The number of Topliss-reactive ketones (excluding diaryl/α,β-unsaturated/α-hetero) is 1. The first-order chi connectivity index (χ1) is 14.4. The highest BCUT2D eigenvalue weighted by molar-refractivity contribution is 7.18. The molecule has 160 valence electrons. The fraction of sp³-hybridized carbons (Fsp3) is 0.348. The number of thiophene rings is 1. The van der Waals surface area contributed by atoms with Crippen molar-refractivity contribution in [1.82, 2.24) is 0 Å². The fourth-order valence-electron chi connectivity index (χ4n) is 2.78. The summed E-state index contributed by atoms with van der Waals surface area (Å²) < 4.78 is 10.9. The van der Waals surface area contributed by atoms with Gasteiger partial charge in [-0.1, -0.05) is 31.5 Å². The lowest BCUT2D eigenvalue weighted by Crippen LogP contribution is -2.12. The Bertz CT molecular complexity index is 945. The summed E-state index contributed by atoms with van der Waals surface area (Å²) in [6.07, 6.45) is 5.02. The number of amides is 1. The lowest BCUT2D eigenvalue weighted by molar-refractivity contribution is -0.111. The number of ketones is 1. The number of nitrogens with one attached hydrogen (secondary N) is 1. The summed E-state index contributed by atoms with van der Waals surface area (Å²) in [5.41, 5.74) is 1.51. The number of carbonyl (C=O) groups is 3. The molecule has 1 amide bonds. The van der Waals surface area contributed by atoms with Crippen molar-refractivity contribution in [3.63, 3.8) is 0 Å². The highest BCUT2D eigenvalue weighted by atomic mass is 32.1. The zero-order chi connectivity index (χ0) is 22.1. The second kappa shape index (κ2) is 11.3. The largest absolute Gasteiger partial charge is 0.493 e. The van der Waals surface area contributed by atoms with Crippen molar-refractivity contribution in [2.45, 2.75) is 40.5 Å². The van der Waals surface area contributed by atoms with E-state index < -0.39 is 11.9 Å². The van der Waals surface area contributed by atoms with Crippen molar-refractivity contribution in [3.05, 3.63) is 51.9 Å². The Balaban J connectivity index is 2.22. The van der Waals surface area contributed by atoms with Crippen LogP contribution in [-0.4, -0.2) is 30.9 Å². The molecule has 0 atom stereocenters. The van der Waals surface area contributed by atoms with E-state index in [0.29, 0.717) is 27.8 Å². The van der Waals surface area contributed by atoms with Gasteiger partial charge >= 0.3 is 5.97 Å². The molecule has 1 aromatic heterocycles. The number of esters is 1. The van der Waals surface area contributed by atoms with Gasteiger partial charge in [-0.25, -0.2) is 4.79 Å². The third-order valence-electron chi connectivity index (χ3n) is 4.27. The van der Waals surface area contributed by atoms with Crippen LogP contribution < -0.4 is 10.1 Å². The van der Waals surface area contributed by atoms with Gasteiger partial charge in [-0.3, -0.25) is 9.59 Å². The molecule has 30 heavy (non-hydrogen) atoms. The number of hydrogen-bond donors (Lipinski definition) is 1. The van der Waals surface area contributed by atoms with Crippen molar-refractivity contribution in [3.8, 4) is 5.75 Å². The summed E-state index contributed by atoms with van der Waals surface area (Å²) in [5.74, 6) is -0.446. The fourth-order valence-corrected chi connectivity index (χ4v) is 3.87. The second-order valence-corrected chi connectivity index (χ2v) is 7.62. The van der Waals surface area contributed by atoms with Gasteiger partial charge < -0.3 is 14.8 Å². The molecule has 0 radical (unpaired) electrons. The first-order valence-electron chi connectivity index (χ1n) is 9.91. The second-order valence-electron chi connectivity index (χ2n) is 6.60. The predicted molar refractivity (Wildman–Crippen MR) is 120 cm³/mol. The summed E-state index contributed by atoms with van der Waals surface area (Å²) >= 11 is 1.07. The van der Waals surface area contributed by atoms with Crippen molar-refractivity contribution in [1.29, 1.82) is 0 Å². The quantitative estimate of drug-likeness (QED) is 0.241. The maximum atomic E-state index is 12.5. The molecule has 1 N–H and O–H groups in total. The number of hydrogen-bond acceptors (Lipinski definition) is 6. The van der Waals surface area contributed by atoms with Gasteiger partial charge in [0, 0.05) is 11.6 Å². The number of benzene rings is 1. The first-order valence-corrected chi connectivity index (χ1v) is 10.7. The third-order valence-corrected chi connectivity index (χ3v) is 5.58. The highest BCUT2D eigenvalue weighted by Crippen LogP contribution is 2.34. The van der Waals surface area contributed by atoms with Crippen molar-refractivity contribution in [2.75, 3.05) is 18.5 Å². The Kier molecular flexibility index (Phi) is 8.80. The summed E-state index contributed by atoms with van der Waals surface area (Å²) in [7, 11) is 0. The zero-order valence-corrected chi connectivity index (χ0v) is 18.6. The van der Waals surface area contributed by atoms with E-state index in [2.05, 4.69) is 12.2 Å². The van der Waals surface area contributed by atoms with E-state index in [1.807, 2.05) is 24.3 Å². The Morgan fingerprint density at radius 3 is 2.57 bits per heavy atom. The number of carbonyl (C=O) groups excluding carboxylic acids is 3. The Labute approximate surface area is 180 Å². The lowest BCUT2D eigenvalue weighted by Gasteiger charge is -2.08. The lowest BCUT2D eigenvalue weighted by atomic mass is 10.1. The van der Waals surface area contributed by atoms with Gasteiger partial charge in [0.1, 0.15) is 10.8 Å². The maximum absolute atomic E-state index is 12.5. The summed E-state index contributed by atoms with van der Waals surface area (Å²) in [5, 5.41) is 3.01. The number of ether oxygens (including phenoxy) is 2. The molecule has 0 saturated carbocycles. The van der Waals surface area contributed by atoms with Gasteiger partial charge in [0.25, 0.3) is 0 Å². The molecule has 0 saturated heterocycles. The molecular weight excluding hydrogens is 402 g/mol. The van der Waals surface area contributed by atoms with Gasteiger partial charge in [0.15, 0.2) is 5.78 Å². The molecule has 2 aromatic rings. The monoisotopic (exact) mass is 429 g/mol. The van der Waals surface area contributed by atoms with Crippen LogP contribution in [0.15, 0.2) is 30.3 Å². The standard InChI is InChI=1S/C23H27NO5S/c1-5-7-14-29-18-11-9-8-10-17(18)12-13-19(26)24-22-20(23(27)28-6-2)15(3)21(30-22)16(4)25/h8-13H,5-7,14H2,1-4H3,(H,24,26)/b13-12+. The first kappa shape index (κ1) is 23.3. The normalized spacial score (nSPS) is 10.8. The molecular formula is C23H27NO5S. The van der Waals surface area contributed by atoms with E-state index in [0.717, 1.165) is 29.7 Å². The molecule has 0 spiro atoms. The molecule has 1 aromatic carbocycles. The summed E-state index contributed by atoms with van der Waals surface area (Å²) in [6.45, 7) is 7.70. The number of unbranched alkanes of at least 4 members (excludes halogenated alkanes) is 1. The number of rotatable bonds is 10. The van der Waals surface area contributed by atoms with Crippen molar-refractivity contribution < 1.29 is 23.9 Å².